The van der Waals surface area contributed by atoms with Crippen LogP contribution in [0.2, 0.25) is 0 Å². The molecule has 3 nitrogen and oxygen atoms in total. The van der Waals surface area contributed by atoms with Crippen molar-refractivity contribution in [3.8, 4) is 0 Å². The largest absolute Gasteiger partial charge is 0.369 e. The van der Waals surface area contributed by atoms with Gasteiger partial charge in [0.2, 0.25) is 0 Å². The predicted octanol–water partition coefficient (Wildman–Crippen LogP) is 1.66. The normalized spacial score (nSPS) is 20.9. The summed E-state index contributed by atoms with van der Waals surface area (Å²) in [6, 6.07) is 4.79. The van der Waals surface area contributed by atoms with E-state index >= 15 is 0 Å². The van der Waals surface area contributed by atoms with Gasteiger partial charge >= 0.3 is 0 Å². The molecule has 0 aliphatic carbocycles. The topological polar surface area (TPSA) is 28.2 Å². The van der Waals surface area contributed by atoms with Crippen molar-refractivity contribution in [2.45, 2.75) is 25.8 Å². The van der Waals surface area contributed by atoms with Gasteiger partial charge in [-0.2, -0.15) is 0 Å². The molecule has 15 heavy (non-hydrogen) atoms. The SMILES string of the molecule is CCCNC1CCN(c2cccnc2)C1. The van der Waals surface area contributed by atoms with Gasteiger partial charge in [0.1, 0.15) is 0 Å². The van der Waals surface area contributed by atoms with Crippen LogP contribution in [0.1, 0.15) is 19.8 Å². The van der Waals surface area contributed by atoms with Gasteiger partial charge < -0.3 is 10.2 Å². The van der Waals surface area contributed by atoms with Crippen LogP contribution in [0.25, 0.3) is 0 Å². The van der Waals surface area contributed by atoms with E-state index in [0.29, 0.717) is 6.04 Å². The molecule has 0 spiro atoms. The number of aromatic nitrogens is 1. The van der Waals surface area contributed by atoms with Crippen LogP contribution in [0.3, 0.4) is 0 Å². The lowest BCUT2D eigenvalue weighted by molar-refractivity contribution is 0.549. The van der Waals surface area contributed by atoms with Gasteiger partial charge in [-0.05, 0) is 31.5 Å². The highest BCUT2D eigenvalue weighted by molar-refractivity contribution is 5.44. The van der Waals surface area contributed by atoms with E-state index in [4.69, 9.17) is 0 Å². The number of anilines is 1. The Balaban J connectivity index is 1.87. The first-order valence-corrected chi connectivity index (χ1v) is 5.78. The van der Waals surface area contributed by atoms with E-state index in [1.807, 2.05) is 18.5 Å². The highest BCUT2D eigenvalue weighted by atomic mass is 15.2. The molecule has 1 saturated heterocycles. The average Bonchev–Trinajstić information content (AvgIpc) is 2.76. The van der Waals surface area contributed by atoms with Crippen molar-refractivity contribution >= 4 is 5.69 Å². The minimum absolute atomic E-state index is 0.658. The Morgan fingerprint density at radius 2 is 2.53 bits per heavy atom. The van der Waals surface area contributed by atoms with Crippen LogP contribution in [0.4, 0.5) is 5.69 Å². The molecule has 82 valence electrons. The van der Waals surface area contributed by atoms with Gasteiger partial charge in [0.05, 0.1) is 11.9 Å². The Labute approximate surface area is 91.5 Å². The first kappa shape index (κ1) is 10.4. The van der Waals surface area contributed by atoms with Gasteiger partial charge in [0.25, 0.3) is 0 Å². The van der Waals surface area contributed by atoms with Gasteiger partial charge in [0, 0.05) is 25.3 Å². The van der Waals surface area contributed by atoms with Crippen LogP contribution < -0.4 is 10.2 Å². The van der Waals surface area contributed by atoms with E-state index in [2.05, 4.69) is 28.2 Å². The monoisotopic (exact) mass is 205 g/mol. The lowest BCUT2D eigenvalue weighted by atomic mass is 10.2. The Morgan fingerprint density at radius 3 is 3.27 bits per heavy atom. The molecule has 1 aromatic rings. The molecule has 1 fully saturated rings. The van der Waals surface area contributed by atoms with Crippen molar-refractivity contribution in [2.24, 2.45) is 0 Å². The van der Waals surface area contributed by atoms with E-state index in [1.165, 1.54) is 18.5 Å². The highest BCUT2D eigenvalue weighted by Gasteiger charge is 2.21. The number of hydrogen-bond acceptors (Lipinski definition) is 3. The Bertz CT molecular complexity index is 286. The van der Waals surface area contributed by atoms with Crippen LogP contribution in [0, 0.1) is 0 Å². The van der Waals surface area contributed by atoms with E-state index in [1.54, 1.807) is 0 Å². The zero-order chi connectivity index (χ0) is 10.5. The van der Waals surface area contributed by atoms with Gasteiger partial charge in [0.15, 0.2) is 0 Å². The molecule has 1 unspecified atom stereocenters. The highest BCUT2D eigenvalue weighted by Crippen LogP contribution is 2.18. The minimum atomic E-state index is 0.658. The summed E-state index contributed by atoms with van der Waals surface area (Å²) in [5.41, 5.74) is 1.25. The Kier molecular flexibility index (Phi) is 3.56. The number of hydrogen-bond donors (Lipinski definition) is 1. The van der Waals surface area contributed by atoms with Crippen LogP contribution in [-0.2, 0) is 0 Å². The van der Waals surface area contributed by atoms with E-state index in [9.17, 15) is 0 Å². The number of nitrogens with zero attached hydrogens (tertiary/aromatic N) is 2. The van der Waals surface area contributed by atoms with Gasteiger partial charge in [-0.3, -0.25) is 4.98 Å². The zero-order valence-electron chi connectivity index (χ0n) is 9.32. The fourth-order valence-electron chi connectivity index (χ4n) is 2.05. The maximum atomic E-state index is 4.15. The molecule has 0 amide bonds. The number of nitrogens with one attached hydrogen (secondary N) is 1. The maximum Gasteiger partial charge on any atom is 0.0553 e. The minimum Gasteiger partial charge on any atom is -0.369 e. The van der Waals surface area contributed by atoms with Gasteiger partial charge in [-0.1, -0.05) is 6.92 Å². The third-order valence-electron chi connectivity index (χ3n) is 2.88. The third-order valence-corrected chi connectivity index (χ3v) is 2.88. The molecule has 0 bridgehead atoms. The fourth-order valence-corrected chi connectivity index (χ4v) is 2.05. The molecule has 1 aromatic heterocycles. The first-order valence-electron chi connectivity index (χ1n) is 5.78. The van der Waals surface area contributed by atoms with E-state index < -0.39 is 0 Å². The van der Waals surface area contributed by atoms with E-state index in [0.717, 1.165) is 19.6 Å². The molecule has 1 aliphatic rings. The third kappa shape index (κ3) is 2.69. The summed E-state index contributed by atoms with van der Waals surface area (Å²) >= 11 is 0. The first-order chi connectivity index (χ1) is 7.40. The number of pyridine rings is 1. The fraction of sp³-hybridized carbons (Fsp3) is 0.583. The van der Waals surface area contributed by atoms with Crippen molar-refractivity contribution < 1.29 is 0 Å². The summed E-state index contributed by atoms with van der Waals surface area (Å²) in [4.78, 5) is 6.56. The summed E-state index contributed by atoms with van der Waals surface area (Å²) < 4.78 is 0. The lowest BCUT2D eigenvalue weighted by Gasteiger charge is -2.18. The summed E-state index contributed by atoms with van der Waals surface area (Å²) in [6.45, 7) is 5.60. The number of rotatable bonds is 4. The molecule has 1 atom stereocenters. The van der Waals surface area contributed by atoms with Gasteiger partial charge in [-0.25, -0.2) is 0 Å². The Morgan fingerprint density at radius 1 is 1.60 bits per heavy atom. The van der Waals surface area contributed by atoms with Crippen LogP contribution in [0.15, 0.2) is 24.5 Å². The second-order valence-electron chi connectivity index (χ2n) is 4.10. The molecule has 0 aromatic carbocycles. The van der Waals surface area contributed by atoms with Crippen LogP contribution in [0.5, 0.6) is 0 Å². The molecule has 2 rings (SSSR count). The smallest absolute Gasteiger partial charge is 0.0553 e. The van der Waals surface area contributed by atoms with Crippen molar-refractivity contribution in [3.05, 3.63) is 24.5 Å². The summed E-state index contributed by atoms with van der Waals surface area (Å²) in [6.07, 6.45) is 6.23. The second kappa shape index (κ2) is 5.12. The summed E-state index contributed by atoms with van der Waals surface area (Å²) in [5, 5.41) is 3.57. The van der Waals surface area contributed by atoms with Crippen LogP contribution in [-0.4, -0.2) is 30.7 Å². The molecule has 1 aliphatic heterocycles. The predicted molar refractivity (Wildman–Crippen MR) is 63.1 cm³/mol. The summed E-state index contributed by atoms with van der Waals surface area (Å²) in [7, 11) is 0. The molecule has 0 saturated carbocycles. The average molecular weight is 205 g/mol. The van der Waals surface area contributed by atoms with Gasteiger partial charge in [-0.15, -0.1) is 0 Å². The molecule has 0 radical (unpaired) electrons. The molecule has 3 heteroatoms. The van der Waals surface area contributed by atoms with Crippen LogP contribution >= 0.6 is 0 Å². The second-order valence-corrected chi connectivity index (χ2v) is 4.10. The lowest BCUT2D eigenvalue weighted by Crippen LogP contribution is -2.32. The van der Waals surface area contributed by atoms with Crippen molar-refractivity contribution in [2.75, 3.05) is 24.5 Å². The quantitative estimate of drug-likeness (QED) is 0.810. The molecule has 2 heterocycles. The summed E-state index contributed by atoms with van der Waals surface area (Å²) in [5.74, 6) is 0. The zero-order valence-corrected chi connectivity index (χ0v) is 9.32. The van der Waals surface area contributed by atoms with Crippen molar-refractivity contribution in [3.63, 3.8) is 0 Å². The molecular weight excluding hydrogens is 186 g/mol. The Hall–Kier alpha value is -1.09. The molecular formula is C12H19N3. The van der Waals surface area contributed by atoms with E-state index in [-0.39, 0.29) is 0 Å². The van der Waals surface area contributed by atoms with Crippen molar-refractivity contribution in [1.82, 2.24) is 10.3 Å². The standard InChI is InChI=1S/C12H19N3/c1-2-6-14-11-5-8-15(10-11)12-4-3-7-13-9-12/h3-4,7,9,11,14H,2,5-6,8,10H2,1H3. The maximum absolute atomic E-state index is 4.15. The van der Waals surface area contributed by atoms with Crippen molar-refractivity contribution in [1.29, 1.82) is 0 Å². The molecule has 1 N–H and O–H groups in total.